The van der Waals surface area contributed by atoms with Crippen molar-refractivity contribution < 1.29 is 24.2 Å². The molecule has 23 heavy (non-hydrogen) atoms. The maximum Gasteiger partial charge on any atom is 0.308 e. The fraction of sp³-hybridized carbons (Fsp3) is 0.412. The van der Waals surface area contributed by atoms with Crippen LogP contribution in [0.15, 0.2) is 24.3 Å². The van der Waals surface area contributed by atoms with Crippen LogP contribution >= 0.6 is 0 Å². The number of aliphatic carboxylic acids is 1. The van der Waals surface area contributed by atoms with Crippen molar-refractivity contribution in [3.8, 4) is 11.5 Å². The van der Waals surface area contributed by atoms with E-state index in [1.165, 1.54) is 6.08 Å². The van der Waals surface area contributed by atoms with Crippen molar-refractivity contribution in [3.05, 3.63) is 29.8 Å². The number of carbonyl (C=O) groups excluding carboxylic acids is 1. The second kappa shape index (κ2) is 7.67. The zero-order chi connectivity index (χ0) is 16.8. The molecule has 1 aliphatic heterocycles. The first-order valence-corrected chi connectivity index (χ1v) is 7.46. The van der Waals surface area contributed by atoms with E-state index in [9.17, 15) is 9.59 Å². The Hall–Kier alpha value is -2.50. The monoisotopic (exact) mass is 319 g/mol. The molecule has 2 rings (SSSR count). The molecule has 0 bridgehead atoms. The number of methoxy groups -OCH3 is 2. The Morgan fingerprint density at radius 3 is 2.43 bits per heavy atom. The molecule has 6 nitrogen and oxygen atoms in total. The van der Waals surface area contributed by atoms with Crippen LogP contribution in [0.3, 0.4) is 0 Å². The van der Waals surface area contributed by atoms with Gasteiger partial charge in [-0.1, -0.05) is 0 Å². The van der Waals surface area contributed by atoms with E-state index in [1.54, 1.807) is 43.4 Å². The first kappa shape index (κ1) is 16.9. The number of carboxylic acids is 1. The van der Waals surface area contributed by atoms with Crippen LogP contribution in [0.25, 0.3) is 6.08 Å². The molecule has 1 aromatic carbocycles. The Kier molecular flexibility index (Phi) is 5.62. The third-order valence-electron chi connectivity index (χ3n) is 3.87. The van der Waals surface area contributed by atoms with Gasteiger partial charge in [0.1, 0.15) is 11.5 Å². The summed E-state index contributed by atoms with van der Waals surface area (Å²) in [7, 11) is 3.13. The van der Waals surface area contributed by atoms with E-state index in [0.29, 0.717) is 30.9 Å². The summed E-state index contributed by atoms with van der Waals surface area (Å²) in [5.74, 6) is -0.222. The highest BCUT2D eigenvalue weighted by Gasteiger charge is 2.27. The first-order valence-electron chi connectivity index (χ1n) is 7.46. The molecule has 124 valence electrons. The molecule has 1 atom stereocenters. The Labute approximate surface area is 135 Å². The number of likely N-dealkylation sites (tertiary alicyclic amines) is 1. The molecular formula is C17H21NO5. The SMILES string of the molecule is COc1cc(C=CC(=O)N2CCCC(C(=O)O)C2)cc(OC)c1. The highest BCUT2D eigenvalue weighted by atomic mass is 16.5. The number of amides is 1. The van der Waals surface area contributed by atoms with E-state index in [-0.39, 0.29) is 12.5 Å². The molecule has 6 heteroatoms. The number of ether oxygens (including phenoxy) is 2. The summed E-state index contributed by atoms with van der Waals surface area (Å²) < 4.78 is 10.4. The van der Waals surface area contributed by atoms with Gasteiger partial charge < -0.3 is 19.5 Å². The molecule has 0 aliphatic carbocycles. The topological polar surface area (TPSA) is 76.1 Å². The normalized spacial score (nSPS) is 18.0. The number of hydrogen-bond acceptors (Lipinski definition) is 4. The maximum atomic E-state index is 12.2. The van der Waals surface area contributed by atoms with Gasteiger partial charge in [0.2, 0.25) is 5.91 Å². The number of hydrogen-bond donors (Lipinski definition) is 1. The van der Waals surface area contributed by atoms with Gasteiger partial charge in [-0.25, -0.2) is 0 Å². The van der Waals surface area contributed by atoms with Crippen LogP contribution in [-0.2, 0) is 9.59 Å². The van der Waals surface area contributed by atoms with Crippen molar-refractivity contribution in [2.75, 3.05) is 27.3 Å². The number of nitrogens with zero attached hydrogens (tertiary/aromatic N) is 1. The standard InChI is InChI=1S/C17H21NO5/c1-22-14-8-12(9-15(10-14)23-2)5-6-16(19)18-7-3-4-13(11-18)17(20)21/h5-6,8-10,13H,3-4,7,11H2,1-2H3,(H,20,21). The number of carbonyl (C=O) groups is 2. The van der Waals surface area contributed by atoms with Gasteiger partial charge in [0.25, 0.3) is 0 Å². The van der Waals surface area contributed by atoms with E-state index in [1.807, 2.05) is 0 Å². The fourth-order valence-electron chi connectivity index (χ4n) is 2.58. The van der Waals surface area contributed by atoms with Crippen LogP contribution in [0.2, 0.25) is 0 Å². The number of carboxylic acid groups (broad SMARTS) is 1. The molecule has 0 radical (unpaired) electrons. The largest absolute Gasteiger partial charge is 0.497 e. The second-order valence-electron chi connectivity index (χ2n) is 5.44. The molecule has 1 unspecified atom stereocenters. The van der Waals surface area contributed by atoms with Gasteiger partial charge in [-0.15, -0.1) is 0 Å². The minimum Gasteiger partial charge on any atom is -0.497 e. The quantitative estimate of drug-likeness (QED) is 0.841. The molecule has 1 aromatic rings. The van der Waals surface area contributed by atoms with Crippen molar-refractivity contribution in [2.45, 2.75) is 12.8 Å². The lowest BCUT2D eigenvalue weighted by Gasteiger charge is -2.29. The summed E-state index contributed by atoms with van der Waals surface area (Å²) in [6.07, 6.45) is 4.47. The average molecular weight is 319 g/mol. The lowest BCUT2D eigenvalue weighted by Crippen LogP contribution is -2.41. The van der Waals surface area contributed by atoms with Crippen LogP contribution in [0.5, 0.6) is 11.5 Å². The Morgan fingerprint density at radius 1 is 1.22 bits per heavy atom. The van der Waals surface area contributed by atoms with E-state index in [4.69, 9.17) is 14.6 Å². The summed E-state index contributed by atoms with van der Waals surface area (Å²) in [6.45, 7) is 0.855. The number of benzene rings is 1. The predicted octanol–water partition coefficient (Wildman–Crippen LogP) is 2.04. The lowest BCUT2D eigenvalue weighted by atomic mass is 9.98. The number of piperidine rings is 1. The van der Waals surface area contributed by atoms with Crippen molar-refractivity contribution in [2.24, 2.45) is 5.92 Å². The Bertz CT molecular complexity index is 589. The van der Waals surface area contributed by atoms with Crippen LogP contribution in [0.1, 0.15) is 18.4 Å². The summed E-state index contributed by atoms with van der Waals surface area (Å²) in [6, 6.07) is 5.34. The summed E-state index contributed by atoms with van der Waals surface area (Å²) in [5, 5.41) is 9.08. The van der Waals surface area contributed by atoms with Gasteiger partial charge in [0.05, 0.1) is 20.1 Å². The van der Waals surface area contributed by atoms with Crippen LogP contribution in [0.4, 0.5) is 0 Å². The minimum atomic E-state index is -0.844. The molecule has 1 aliphatic rings. The number of rotatable bonds is 5. The Morgan fingerprint density at radius 2 is 1.87 bits per heavy atom. The van der Waals surface area contributed by atoms with E-state index in [2.05, 4.69) is 0 Å². The van der Waals surface area contributed by atoms with E-state index in [0.717, 1.165) is 5.56 Å². The van der Waals surface area contributed by atoms with Gasteiger partial charge in [-0.2, -0.15) is 0 Å². The zero-order valence-electron chi connectivity index (χ0n) is 13.3. The molecule has 0 spiro atoms. The first-order chi connectivity index (χ1) is 11.0. The lowest BCUT2D eigenvalue weighted by molar-refractivity contribution is -0.144. The highest BCUT2D eigenvalue weighted by Crippen LogP contribution is 2.23. The third-order valence-corrected chi connectivity index (χ3v) is 3.87. The minimum absolute atomic E-state index is 0.183. The molecule has 1 saturated heterocycles. The van der Waals surface area contributed by atoms with Crippen LogP contribution in [0, 0.1) is 5.92 Å². The van der Waals surface area contributed by atoms with E-state index < -0.39 is 11.9 Å². The van der Waals surface area contributed by atoms with Gasteiger partial charge >= 0.3 is 5.97 Å². The fourth-order valence-corrected chi connectivity index (χ4v) is 2.58. The van der Waals surface area contributed by atoms with Gasteiger partial charge in [-0.05, 0) is 36.6 Å². The van der Waals surface area contributed by atoms with Crippen LogP contribution in [-0.4, -0.2) is 49.2 Å². The smallest absolute Gasteiger partial charge is 0.308 e. The molecule has 1 N–H and O–H groups in total. The second-order valence-corrected chi connectivity index (χ2v) is 5.44. The molecule has 0 saturated carbocycles. The maximum absolute atomic E-state index is 12.2. The Balaban J connectivity index is 2.07. The molecule has 0 aromatic heterocycles. The molecular weight excluding hydrogens is 298 g/mol. The molecule has 1 fully saturated rings. The van der Waals surface area contributed by atoms with Gasteiger partial charge in [0.15, 0.2) is 0 Å². The van der Waals surface area contributed by atoms with Crippen molar-refractivity contribution in [3.63, 3.8) is 0 Å². The van der Waals surface area contributed by atoms with Crippen molar-refractivity contribution in [1.82, 2.24) is 4.90 Å². The third kappa shape index (κ3) is 4.48. The van der Waals surface area contributed by atoms with E-state index >= 15 is 0 Å². The van der Waals surface area contributed by atoms with Crippen molar-refractivity contribution >= 4 is 18.0 Å². The molecule has 1 amide bonds. The predicted molar refractivity (Wildman–Crippen MR) is 85.5 cm³/mol. The average Bonchev–Trinajstić information content (AvgIpc) is 2.59. The summed E-state index contributed by atoms with van der Waals surface area (Å²) in [4.78, 5) is 24.9. The zero-order valence-corrected chi connectivity index (χ0v) is 13.3. The van der Waals surface area contributed by atoms with Crippen molar-refractivity contribution in [1.29, 1.82) is 0 Å². The summed E-state index contributed by atoms with van der Waals surface area (Å²) in [5.41, 5.74) is 0.779. The highest BCUT2D eigenvalue weighted by molar-refractivity contribution is 5.92. The van der Waals surface area contributed by atoms with Gasteiger partial charge in [-0.3, -0.25) is 9.59 Å². The molecule has 1 heterocycles. The van der Waals surface area contributed by atoms with Crippen LogP contribution < -0.4 is 9.47 Å². The summed E-state index contributed by atoms with van der Waals surface area (Å²) >= 11 is 0. The van der Waals surface area contributed by atoms with Gasteiger partial charge in [0, 0.05) is 25.2 Å².